The first kappa shape index (κ1) is 12.9. The summed E-state index contributed by atoms with van der Waals surface area (Å²) in [6.07, 6.45) is 3.12. The molecule has 0 radical (unpaired) electrons. The molecule has 0 bridgehead atoms. The SMILES string of the molecule is CC1(C)C=C(N2CCNCC2)CC(C)(C)N1O. The Balaban J connectivity index is 2.22. The van der Waals surface area contributed by atoms with Crippen molar-refractivity contribution < 1.29 is 5.21 Å². The van der Waals surface area contributed by atoms with Crippen LogP contribution < -0.4 is 5.32 Å². The number of nitrogens with one attached hydrogen (secondary N) is 1. The maximum absolute atomic E-state index is 10.2. The van der Waals surface area contributed by atoms with Crippen molar-refractivity contribution in [1.29, 1.82) is 0 Å². The molecular formula is C13H25N3O. The van der Waals surface area contributed by atoms with Crippen LogP contribution in [0.1, 0.15) is 34.1 Å². The van der Waals surface area contributed by atoms with Gasteiger partial charge >= 0.3 is 0 Å². The zero-order valence-corrected chi connectivity index (χ0v) is 11.5. The van der Waals surface area contributed by atoms with Gasteiger partial charge in [-0.05, 0) is 33.8 Å². The lowest BCUT2D eigenvalue weighted by atomic mass is 9.85. The molecule has 0 aliphatic carbocycles. The van der Waals surface area contributed by atoms with Gasteiger partial charge in [-0.25, -0.2) is 0 Å². The minimum absolute atomic E-state index is 0.196. The highest BCUT2D eigenvalue weighted by Crippen LogP contribution is 2.36. The van der Waals surface area contributed by atoms with Crippen LogP contribution in [0, 0.1) is 0 Å². The number of rotatable bonds is 1. The molecule has 2 rings (SSSR count). The monoisotopic (exact) mass is 239 g/mol. The third-order valence-electron chi connectivity index (χ3n) is 3.78. The number of hydroxylamine groups is 2. The Morgan fingerprint density at radius 1 is 1.18 bits per heavy atom. The van der Waals surface area contributed by atoms with Crippen molar-refractivity contribution in [3.8, 4) is 0 Å². The van der Waals surface area contributed by atoms with Crippen LogP contribution in [0.15, 0.2) is 11.8 Å². The van der Waals surface area contributed by atoms with E-state index in [2.05, 4.69) is 44.0 Å². The number of hydrogen-bond acceptors (Lipinski definition) is 4. The molecule has 0 amide bonds. The van der Waals surface area contributed by atoms with Crippen molar-refractivity contribution in [3.05, 3.63) is 11.8 Å². The molecule has 0 aromatic carbocycles. The molecule has 0 saturated carbocycles. The van der Waals surface area contributed by atoms with Gasteiger partial charge in [-0.15, -0.1) is 0 Å². The second kappa shape index (κ2) is 4.26. The van der Waals surface area contributed by atoms with Crippen LogP contribution in [0.2, 0.25) is 0 Å². The van der Waals surface area contributed by atoms with E-state index in [9.17, 15) is 5.21 Å². The third kappa shape index (κ3) is 2.49. The summed E-state index contributed by atoms with van der Waals surface area (Å²) in [4.78, 5) is 2.45. The standard InChI is InChI=1S/C13H25N3O/c1-12(2)9-11(10-13(3,4)16(12)17)15-7-5-14-6-8-15/h9,14,17H,5-8,10H2,1-4H3. The van der Waals surface area contributed by atoms with Gasteiger partial charge in [-0.1, -0.05) is 0 Å². The minimum Gasteiger partial charge on any atom is -0.372 e. The normalized spacial score (nSPS) is 29.0. The van der Waals surface area contributed by atoms with Gasteiger partial charge in [0.2, 0.25) is 0 Å². The first-order chi connectivity index (χ1) is 7.83. The molecule has 0 atom stereocenters. The lowest BCUT2D eigenvalue weighted by Crippen LogP contribution is -2.57. The van der Waals surface area contributed by atoms with E-state index >= 15 is 0 Å². The Morgan fingerprint density at radius 3 is 2.29 bits per heavy atom. The van der Waals surface area contributed by atoms with Crippen LogP contribution in [0.5, 0.6) is 0 Å². The van der Waals surface area contributed by atoms with E-state index in [4.69, 9.17) is 0 Å². The van der Waals surface area contributed by atoms with Gasteiger partial charge in [-0.3, -0.25) is 0 Å². The molecule has 0 unspecified atom stereocenters. The summed E-state index contributed by atoms with van der Waals surface area (Å²) < 4.78 is 0. The van der Waals surface area contributed by atoms with E-state index in [1.807, 2.05) is 0 Å². The van der Waals surface area contributed by atoms with E-state index in [0.717, 1.165) is 32.6 Å². The zero-order chi connectivity index (χ0) is 12.7. The summed E-state index contributed by atoms with van der Waals surface area (Å²) in [6, 6.07) is 0. The van der Waals surface area contributed by atoms with Crippen molar-refractivity contribution in [2.75, 3.05) is 26.2 Å². The molecule has 0 aromatic rings. The van der Waals surface area contributed by atoms with E-state index in [0.29, 0.717) is 0 Å². The van der Waals surface area contributed by atoms with Gasteiger partial charge in [0.05, 0.1) is 5.54 Å². The minimum atomic E-state index is -0.290. The molecule has 17 heavy (non-hydrogen) atoms. The summed E-state index contributed by atoms with van der Waals surface area (Å²) in [5.41, 5.74) is 0.896. The van der Waals surface area contributed by atoms with Gasteiger partial charge in [0.15, 0.2) is 0 Å². The van der Waals surface area contributed by atoms with Gasteiger partial charge in [0.25, 0.3) is 0 Å². The van der Waals surface area contributed by atoms with Crippen LogP contribution in [-0.2, 0) is 0 Å². The highest BCUT2D eigenvalue weighted by molar-refractivity contribution is 5.19. The van der Waals surface area contributed by atoms with Crippen LogP contribution in [0.4, 0.5) is 0 Å². The molecule has 2 aliphatic heterocycles. The van der Waals surface area contributed by atoms with Crippen molar-refractivity contribution >= 4 is 0 Å². The summed E-state index contributed by atoms with van der Waals surface area (Å²) >= 11 is 0. The number of hydrogen-bond donors (Lipinski definition) is 2. The largest absolute Gasteiger partial charge is 0.372 e. The van der Waals surface area contributed by atoms with Crippen LogP contribution in [0.25, 0.3) is 0 Å². The fourth-order valence-corrected chi connectivity index (χ4v) is 2.97. The Bertz CT molecular complexity index is 317. The summed E-state index contributed by atoms with van der Waals surface area (Å²) in [6.45, 7) is 12.6. The molecule has 4 heteroatoms. The van der Waals surface area contributed by atoms with Crippen LogP contribution in [0.3, 0.4) is 0 Å². The average Bonchev–Trinajstić information content (AvgIpc) is 2.26. The molecular weight excluding hydrogens is 214 g/mol. The summed E-state index contributed by atoms with van der Waals surface area (Å²) in [5.74, 6) is 0. The lowest BCUT2D eigenvalue weighted by Gasteiger charge is -2.49. The Kier molecular flexibility index (Phi) is 3.23. The smallest absolute Gasteiger partial charge is 0.0609 e. The quantitative estimate of drug-likeness (QED) is 0.726. The van der Waals surface area contributed by atoms with Crippen LogP contribution >= 0.6 is 0 Å². The van der Waals surface area contributed by atoms with Crippen molar-refractivity contribution in [2.24, 2.45) is 0 Å². The molecule has 98 valence electrons. The Hall–Kier alpha value is -0.580. The molecule has 0 aromatic heterocycles. The fourth-order valence-electron chi connectivity index (χ4n) is 2.97. The maximum Gasteiger partial charge on any atom is 0.0609 e. The first-order valence-corrected chi connectivity index (χ1v) is 6.49. The highest BCUT2D eigenvalue weighted by Gasteiger charge is 2.41. The van der Waals surface area contributed by atoms with Crippen molar-refractivity contribution in [1.82, 2.24) is 15.3 Å². The van der Waals surface area contributed by atoms with Crippen molar-refractivity contribution in [2.45, 2.75) is 45.2 Å². The number of nitrogens with zero attached hydrogens (tertiary/aromatic N) is 2. The predicted molar refractivity (Wildman–Crippen MR) is 68.9 cm³/mol. The molecule has 0 spiro atoms. The van der Waals surface area contributed by atoms with E-state index in [-0.39, 0.29) is 11.1 Å². The molecule has 2 aliphatic rings. The predicted octanol–water partition coefficient (Wildman–Crippen LogP) is 1.43. The summed E-state index contributed by atoms with van der Waals surface area (Å²) in [5, 5.41) is 15.1. The third-order valence-corrected chi connectivity index (χ3v) is 3.78. The molecule has 1 fully saturated rings. The molecule has 4 nitrogen and oxygen atoms in total. The van der Waals surface area contributed by atoms with E-state index in [1.165, 1.54) is 10.8 Å². The maximum atomic E-state index is 10.2. The molecule has 2 heterocycles. The van der Waals surface area contributed by atoms with Gasteiger partial charge in [0, 0.05) is 43.8 Å². The van der Waals surface area contributed by atoms with Gasteiger partial charge in [-0.2, -0.15) is 5.06 Å². The fraction of sp³-hybridized carbons (Fsp3) is 0.846. The van der Waals surface area contributed by atoms with E-state index < -0.39 is 0 Å². The van der Waals surface area contributed by atoms with E-state index in [1.54, 1.807) is 0 Å². The topological polar surface area (TPSA) is 38.7 Å². The molecule has 2 N–H and O–H groups in total. The Labute approximate surface area is 104 Å². The second-order valence-corrected chi connectivity index (χ2v) is 6.33. The zero-order valence-electron chi connectivity index (χ0n) is 11.5. The molecule has 1 saturated heterocycles. The lowest BCUT2D eigenvalue weighted by molar-refractivity contribution is -0.216. The van der Waals surface area contributed by atoms with Crippen LogP contribution in [-0.4, -0.2) is 52.4 Å². The van der Waals surface area contributed by atoms with Gasteiger partial charge < -0.3 is 15.4 Å². The Morgan fingerprint density at radius 2 is 1.76 bits per heavy atom. The van der Waals surface area contributed by atoms with Crippen molar-refractivity contribution in [3.63, 3.8) is 0 Å². The van der Waals surface area contributed by atoms with Gasteiger partial charge in [0.1, 0.15) is 0 Å². The second-order valence-electron chi connectivity index (χ2n) is 6.33. The highest BCUT2D eigenvalue weighted by atomic mass is 16.5. The summed E-state index contributed by atoms with van der Waals surface area (Å²) in [7, 11) is 0. The average molecular weight is 239 g/mol. The first-order valence-electron chi connectivity index (χ1n) is 6.49. The number of piperazine rings is 1.